The lowest BCUT2D eigenvalue weighted by Crippen LogP contribution is -2.45. The highest BCUT2D eigenvalue weighted by Crippen LogP contribution is 2.31. The van der Waals surface area contributed by atoms with Gasteiger partial charge >= 0.3 is 0 Å². The van der Waals surface area contributed by atoms with Gasteiger partial charge in [0.15, 0.2) is 6.29 Å². The van der Waals surface area contributed by atoms with Crippen LogP contribution in [0.5, 0.6) is 0 Å². The predicted molar refractivity (Wildman–Crippen MR) is 105 cm³/mol. The quantitative estimate of drug-likeness (QED) is 0.722. The SMILES string of the molecule is CO[C@H]1OC[C@@H](C)[C@@H](C)[C@H](OCc2ccccc2)[C@@H]1OCc1ccccc1. The third-order valence-corrected chi connectivity index (χ3v) is 5.33. The Hall–Kier alpha value is -1.72. The van der Waals surface area contributed by atoms with Crippen molar-refractivity contribution < 1.29 is 18.9 Å². The lowest BCUT2D eigenvalue weighted by molar-refractivity contribution is -0.222. The lowest BCUT2D eigenvalue weighted by Gasteiger charge is -2.33. The molecule has 0 amide bonds. The zero-order valence-corrected chi connectivity index (χ0v) is 16.4. The number of hydrogen-bond acceptors (Lipinski definition) is 4. The van der Waals surface area contributed by atoms with Crippen LogP contribution in [0.4, 0.5) is 0 Å². The second kappa shape index (κ2) is 10.00. The van der Waals surface area contributed by atoms with Crippen LogP contribution in [0, 0.1) is 11.8 Å². The molecule has 0 bridgehead atoms. The molecule has 4 heteroatoms. The molecular weight excluding hydrogens is 340 g/mol. The second-order valence-corrected chi connectivity index (χ2v) is 7.30. The van der Waals surface area contributed by atoms with Gasteiger partial charge in [0, 0.05) is 7.11 Å². The van der Waals surface area contributed by atoms with E-state index in [2.05, 4.69) is 38.1 Å². The third kappa shape index (κ3) is 5.39. The van der Waals surface area contributed by atoms with Crippen LogP contribution < -0.4 is 0 Å². The minimum atomic E-state index is -0.443. The van der Waals surface area contributed by atoms with E-state index in [1.54, 1.807) is 7.11 Å². The van der Waals surface area contributed by atoms with E-state index in [0.717, 1.165) is 11.1 Å². The summed E-state index contributed by atoms with van der Waals surface area (Å²) in [5.41, 5.74) is 2.28. The molecule has 0 N–H and O–H groups in total. The summed E-state index contributed by atoms with van der Waals surface area (Å²) in [5, 5.41) is 0. The Balaban J connectivity index is 1.75. The lowest BCUT2D eigenvalue weighted by atomic mass is 9.89. The highest BCUT2D eigenvalue weighted by molar-refractivity contribution is 5.14. The van der Waals surface area contributed by atoms with Crippen LogP contribution in [-0.4, -0.2) is 32.2 Å². The summed E-state index contributed by atoms with van der Waals surface area (Å²) in [4.78, 5) is 0. The fourth-order valence-electron chi connectivity index (χ4n) is 3.43. The van der Waals surface area contributed by atoms with Crippen molar-refractivity contribution in [1.82, 2.24) is 0 Å². The van der Waals surface area contributed by atoms with Crippen molar-refractivity contribution in [3.63, 3.8) is 0 Å². The Bertz CT molecular complexity index is 617. The Morgan fingerprint density at radius 1 is 0.815 bits per heavy atom. The molecule has 27 heavy (non-hydrogen) atoms. The average molecular weight is 370 g/mol. The number of rotatable bonds is 7. The summed E-state index contributed by atoms with van der Waals surface area (Å²) in [5.74, 6) is 0.642. The molecule has 0 aromatic heterocycles. The highest BCUT2D eigenvalue weighted by Gasteiger charge is 2.41. The van der Waals surface area contributed by atoms with E-state index in [4.69, 9.17) is 18.9 Å². The molecule has 1 aliphatic heterocycles. The Labute approximate surface area is 162 Å². The summed E-state index contributed by atoms with van der Waals surface area (Å²) in [6.07, 6.45) is -0.850. The average Bonchev–Trinajstić information content (AvgIpc) is 2.83. The first kappa shape index (κ1) is 20.0. The molecule has 0 aliphatic carbocycles. The molecule has 2 aromatic rings. The van der Waals surface area contributed by atoms with Crippen LogP contribution in [0.2, 0.25) is 0 Å². The highest BCUT2D eigenvalue weighted by atomic mass is 16.7. The molecule has 2 aromatic carbocycles. The van der Waals surface area contributed by atoms with Crippen LogP contribution >= 0.6 is 0 Å². The van der Waals surface area contributed by atoms with E-state index in [-0.39, 0.29) is 18.1 Å². The summed E-state index contributed by atoms with van der Waals surface area (Å²) >= 11 is 0. The number of hydrogen-bond donors (Lipinski definition) is 0. The maximum absolute atomic E-state index is 6.38. The van der Waals surface area contributed by atoms with Crippen molar-refractivity contribution in [3.8, 4) is 0 Å². The van der Waals surface area contributed by atoms with Crippen molar-refractivity contribution in [2.75, 3.05) is 13.7 Å². The van der Waals surface area contributed by atoms with Crippen molar-refractivity contribution >= 4 is 0 Å². The summed E-state index contributed by atoms with van der Waals surface area (Å²) in [6.45, 7) is 6.08. The van der Waals surface area contributed by atoms with Gasteiger partial charge in [0.05, 0.1) is 25.9 Å². The number of ether oxygens (including phenoxy) is 4. The van der Waals surface area contributed by atoms with Crippen LogP contribution in [-0.2, 0) is 32.2 Å². The smallest absolute Gasteiger partial charge is 0.185 e. The van der Waals surface area contributed by atoms with Gasteiger partial charge in [-0.25, -0.2) is 0 Å². The molecule has 0 saturated carbocycles. The molecule has 0 spiro atoms. The van der Waals surface area contributed by atoms with E-state index in [1.807, 2.05) is 36.4 Å². The normalized spacial score (nSPS) is 28.6. The topological polar surface area (TPSA) is 36.9 Å². The first-order valence-corrected chi connectivity index (χ1v) is 9.64. The molecular formula is C23H30O4. The number of benzene rings is 2. The summed E-state index contributed by atoms with van der Waals surface area (Å²) in [6, 6.07) is 20.4. The van der Waals surface area contributed by atoms with Crippen LogP contribution in [0.3, 0.4) is 0 Å². The maximum Gasteiger partial charge on any atom is 0.185 e. The molecule has 146 valence electrons. The zero-order chi connectivity index (χ0) is 19.1. The van der Waals surface area contributed by atoms with Crippen LogP contribution in [0.1, 0.15) is 25.0 Å². The van der Waals surface area contributed by atoms with Crippen LogP contribution in [0.25, 0.3) is 0 Å². The largest absolute Gasteiger partial charge is 0.370 e. The van der Waals surface area contributed by atoms with E-state index >= 15 is 0 Å². The summed E-state index contributed by atoms with van der Waals surface area (Å²) < 4.78 is 24.3. The van der Waals surface area contributed by atoms with Crippen molar-refractivity contribution in [2.24, 2.45) is 11.8 Å². The first-order chi connectivity index (χ1) is 13.2. The second-order valence-electron chi connectivity index (χ2n) is 7.30. The van der Waals surface area contributed by atoms with Gasteiger partial charge in [-0.05, 0) is 23.0 Å². The van der Waals surface area contributed by atoms with Crippen molar-refractivity contribution in [3.05, 3.63) is 71.8 Å². The van der Waals surface area contributed by atoms with E-state index in [1.165, 1.54) is 0 Å². The molecule has 1 heterocycles. The van der Waals surface area contributed by atoms with Gasteiger partial charge in [-0.2, -0.15) is 0 Å². The van der Waals surface area contributed by atoms with Gasteiger partial charge in [-0.1, -0.05) is 74.5 Å². The van der Waals surface area contributed by atoms with Crippen LogP contribution in [0.15, 0.2) is 60.7 Å². The molecule has 4 nitrogen and oxygen atoms in total. The van der Waals surface area contributed by atoms with Crippen molar-refractivity contribution in [2.45, 2.75) is 45.6 Å². The molecule has 0 unspecified atom stereocenters. The van der Waals surface area contributed by atoms with Gasteiger partial charge in [0.25, 0.3) is 0 Å². The number of methoxy groups -OCH3 is 1. The minimum absolute atomic E-state index is 0.114. The van der Waals surface area contributed by atoms with E-state index < -0.39 is 6.29 Å². The predicted octanol–water partition coefficient (Wildman–Crippen LogP) is 4.43. The first-order valence-electron chi connectivity index (χ1n) is 9.64. The minimum Gasteiger partial charge on any atom is -0.370 e. The zero-order valence-electron chi connectivity index (χ0n) is 16.4. The van der Waals surface area contributed by atoms with Gasteiger partial charge in [-0.3, -0.25) is 0 Å². The van der Waals surface area contributed by atoms with Gasteiger partial charge < -0.3 is 18.9 Å². The molecule has 1 fully saturated rings. The van der Waals surface area contributed by atoms with Gasteiger partial charge in [0.2, 0.25) is 0 Å². The fourth-order valence-corrected chi connectivity index (χ4v) is 3.43. The molecule has 1 saturated heterocycles. The molecule has 0 radical (unpaired) electrons. The van der Waals surface area contributed by atoms with Crippen molar-refractivity contribution in [1.29, 1.82) is 0 Å². The maximum atomic E-state index is 6.38. The standard InChI is InChI=1S/C23H30O4/c1-17-14-27-23(24-3)22(26-16-20-12-8-5-9-13-20)21(18(17)2)25-15-19-10-6-4-7-11-19/h4-13,17-18,21-23H,14-16H2,1-3H3/t17-,18-,21+,22+,23+/m1/s1. The monoisotopic (exact) mass is 370 g/mol. The van der Waals surface area contributed by atoms with E-state index in [9.17, 15) is 0 Å². The van der Waals surface area contributed by atoms with E-state index in [0.29, 0.717) is 25.7 Å². The molecule has 1 aliphatic rings. The Kier molecular flexibility index (Phi) is 7.41. The van der Waals surface area contributed by atoms with Gasteiger partial charge in [-0.15, -0.1) is 0 Å². The Morgan fingerprint density at radius 3 is 1.85 bits per heavy atom. The summed E-state index contributed by atoms with van der Waals surface area (Å²) in [7, 11) is 1.67. The fraction of sp³-hybridized carbons (Fsp3) is 0.478. The molecule has 5 atom stereocenters. The Morgan fingerprint density at radius 2 is 1.33 bits per heavy atom. The molecule has 3 rings (SSSR count). The third-order valence-electron chi connectivity index (χ3n) is 5.33. The van der Waals surface area contributed by atoms with Gasteiger partial charge in [0.1, 0.15) is 6.10 Å².